The van der Waals surface area contributed by atoms with E-state index < -0.39 is 0 Å². The molecule has 0 atom stereocenters. The van der Waals surface area contributed by atoms with E-state index >= 15 is 0 Å². The van der Waals surface area contributed by atoms with Gasteiger partial charge in [0.25, 0.3) is 0 Å². The molecule has 0 aliphatic rings. The van der Waals surface area contributed by atoms with Gasteiger partial charge in [-0.1, -0.05) is 0 Å². The van der Waals surface area contributed by atoms with Crippen LogP contribution in [0.25, 0.3) is 0 Å². The van der Waals surface area contributed by atoms with Crippen molar-refractivity contribution in [3.63, 3.8) is 0 Å². The maximum absolute atomic E-state index is 13.4. The summed E-state index contributed by atoms with van der Waals surface area (Å²) in [6.45, 7) is 7.13. The highest BCUT2D eigenvalue weighted by molar-refractivity contribution is 14.0. The molecule has 0 aliphatic carbocycles. The van der Waals surface area contributed by atoms with Crippen LogP contribution in [0.5, 0.6) is 0 Å². The molecule has 0 saturated heterocycles. The summed E-state index contributed by atoms with van der Waals surface area (Å²) >= 11 is 0. The second kappa shape index (κ2) is 12.8. The van der Waals surface area contributed by atoms with E-state index in [1.54, 1.807) is 12.3 Å². The van der Waals surface area contributed by atoms with E-state index in [0.29, 0.717) is 11.7 Å². The molecular weight excluding hydrogens is 386 g/mol. The average molecular weight is 410 g/mol. The number of nitrogens with zero attached hydrogens (tertiary/aromatic N) is 2. The first-order valence-electron chi connectivity index (χ1n) is 6.97. The third kappa shape index (κ3) is 8.82. The van der Waals surface area contributed by atoms with Crippen LogP contribution in [0.1, 0.15) is 26.0 Å². The maximum atomic E-state index is 13.4. The molecule has 5 nitrogen and oxygen atoms in total. The zero-order valence-corrected chi connectivity index (χ0v) is 14.9. The standard InChI is InChI=1S/C14H23FN4O.HI/c1-3-16-14(18-9-6-10-20-4-2)19-11-13-12(15)7-5-8-17-13;/h5,7-8H,3-4,6,9-11H2,1-2H3,(H2,16,18,19);1H. The Morgan fingerprint density at radius 2 is 2.19 bits per heavy atom. The van der Waals surface area contributed by atoms with Gasteiger partial charge in [-0.25, -0.2) is 9.38 Å². The maximum Gasteiger partial charge on any atom is 0.191 e. The minimum Gasteiger partial charge on any atom is -0.382 e. The van der Waals surface area contributed by atoms with Gasteiger partial charge in [0.1, 0.15) is 5.82 Å². The van der Waals surface area contributed by atoms with E-state index in [9.17, 15) is 4.39 Å². The Bertz CT molecular complexity index is 418. The lowest BCUT2D eigenvalue weighted by molar-refractivity contribution is 0.145. The summed E-state index contributed by atoms with van der Waals surface area (Å²) < 4.78 is 18.7. The number of nitrogens with one attached hydrogen (secondary N) is 2. The Morgan fingerprint density at radius 1 is 1.38 bits per heavy atom. The molecule has 120 valence electrons. The minimum absolute atomic E-state index is 0. The van der Waals surface area contributed by atoms with E-state index in [2.05, 4.69) is 20.6 Å². The van der Waals surface area contributed by atoms with Crippen LogP contribution in [-0.4, -0.2) is 37.2 Å². The van der Waals surface area contributed by atoms with E-state index in [-0.39, 0.29) is 36.3 Å². The lowest BCUT2D eigenvalue weighted by Gasteiger charge is -2.11. The van der Waals surface area contributed by atoms with Crippen LogP contribution in [0.2, 0.25) is 0 Å². The SMILES string of the molecule is CCNC(=NCc1ncccc1F)NCCCOCC.I. The minimum atomic E-state index is -0.330. The molecule has 1 rings (SSSR count). The number of aromatic nitrogens is 1. The smallest absolute Gasteiger partial charge is 0.191 e. The topological polar surface area (TPSA) is 58.5 Å². The number of rotatable bonds is 8. The molecule has 7 heteroatoms. The molecule has 0 fully saturated rings. The molecule has 0 spiro atoms. The fourth-order valence-electron chi connectivity index (χ4n) is 1.56. The van der Waals surface area contributed by atoms with Gasteiger partial charge >= 0.3 is 0 Å². The first kappa shape index (κ1) is 20.0. The number of guanidine groups is 1. The van der Waals surface area contributed by atoms with Crippen molar-refractivity contribution in [2.75, 3.05) is 26.3 Å². The lowest BCUT2D eigenvalue weighted by atomic mass is 10.3. The predicted octanol–water partition coefficient (Wildman–Crippen LogP) is 2.32. The van der Waals surface area contributed by atoms with Crippen molar-refractivity contribution in [1.82, 2.24) is 15.6 Å². The van der Waals surface area contributed by atoms with Crippen LogP contribution in [0.15, 0.2) is 23.3 Å². The fraction of sp³-hybridized carbons (Fsp3) is 0.571. The quantitative estimate of drug-likeness (QED) is 0.299. The Morgan fingerprint density at radius 3 is 2.86 bits per heavy atom. The Hall–Kier alpha value is -0.960. The van der Waals surface area contributed by atoms with Crippen molar-refractivity contribution in [3.05, 3.63) is 29.8 Å². The lowest BCUT2D eigenvalue weighted by Crippen LogP contribution is -2.38. The van der Waals surface area contributed by atoms with Crippen LogP contribution in [-0.2, 0) is 11.3 Å². The average Bonchev–Trinajstić information content (AvgIpc) is 2.46. The van der Waals surface area contributed by atoms with Gasteiger partial charge in [0.2, 0.25) is 0 Å². The van der Waals surface area contributed by atoms with Gasteiger partial charge in [0.15, 0.2) is 5.96 Å². The van der Waals surface area contributed by atoms with Crippen molar-refractivity contribution >= 4 is 29.9 Å². The monoisotopic (exact) mass is 410 g/mol. The fourth-order valence-corrected chi connectivity index (χ4v) is 1.56. The molecular formula is C14H24FIN4O. The number of halogens is 2. The molecule has 0 aliphatic heterocycles. The van der Waals surface area contributed by atoms with Crippen molar-refractivity contribution < 1.29 is 9.13 Å². The third-order valence-corrected chi connectivity index (χ3v) is 2.53. The van der Waals surface area contributed by atoms with Crippen molar-refractivity contribution in [3.8, 4) is 0 Å². The number of hydrogen-bond donors (Lipinski definition) is 2. The Kier molecular flexibility index (Phi) is 12.2. The van der Waals surface area contributed by atoms with E-state index in [1.165, 1.54) is 6.07 Å². The molecule has 21 heavy (non-hydrogen) atoms. The van der Waals surface area contributed by atoms with E-state index in [0.717, 1.165) is 32.7 Å². The largest absolute Gasteiger partial charge is 0.382 e. The summed E-state index contributed by atoms with van der Waals surface area (Å²) in [6.07, 6.45) is 2.46. The zero-order chi connectivity index (χ0) is 14.6. The molecule has 2 N–H and O–H groups in total. The van der Waals surface area contributed by atoms with Crippen LogP contribution in [0.3, 0.4) is 0 Å². The van der Waals surface area contributed by atoms with Gasteiger partial charge in [0.05, 0.1) is 12.2 Å². The van der Waals surface area contributed by atoms with Crippen molar-refractivity contribution in [2.24, 2.45) is 4.99 Å². The highest BCUT2D eigenvalue weighted by Crippen LogP contribution is 2.03. The second-order valence-electron chi connectivity index (χ2n) is 4.10. The summed E-state index contributed by atoms with van der Waals surface area (Å²) in [4.78, 5) is 8.29. The number of pyridine rings is 1. The molecule has 1 aromatic rings. The molecule has 0 unspecified atom stereocenters. The Balaban J connectivity index is 0.00000400. The summed E-state index contributed by atoms with van der Waals surface area (Å²) in [7, 11) is 0. The van der Waals surface area contributed by atoms with Gasteiger partial charge in [0, 0.05) is 32.5 Å². The van der Waals surface area contributed by atoms with Gasteiger partial charge in [-0.2, -0.15) is 0 Å². The van der Waals surface area contributed by atoms with E-state index in [1.807, 2.05) is 13.8 Å². The van der Waals surface area contributed by atoms with Crippen molar-refractivity contribution in [2.45, 2.75) is 26.8 Å². The molecule has 0 saturated carbocycles. The second-order valence-corrected chi connectivity index (χ2v) is 4.10. The van der Waals surface area contributed by atoms with Crippen LogP contribution >= 0.6 is 24.0 Å². The van der Waals surface area contributed by atoms with Crippen LogP contribution < -0.4 is 10.6 Å². The first-order chi connectivity index (χ1) is 9.77. The van der Waals surface area contributed by atoms with Crippen LogP contribution in [0, 0.1) is 5.82 Å². The van der Waals surface area contributed by atoms with Crippen LogP contribution in [0.4, 0.5) is 4.39 Å². The highest BCUT2D eigenvalue weighted by atomic mass is 127. The molecule has 1 heterocycles. The number of aliphatic imine (C=N–C) groups is 1. The van der Waals surface area contributed by atoms with Gasteiger partial charge < -0.3 is 15.4 Å². The zero-order valence-electron chi connectivity index (χ0n) is 12.6. The Labute approximate surface area is 142 Å². The third-order valence-electron chi connectivity index (χ3n) is 2.53. The summed E-state index contributed by atoms with van der Waals surface area (Å²) in [5.41, 5.74) is 0.346. The first-order valence-corrected chi connectivity index (χ1v) is 6.97. The molecule has 0 amide bonds. The number of hydrogen-bond acceptors (Lipinski definition) is 3. The van der Waals surface area contributed by atoms with Gasteiger partial charge in [-0.3, -0.25) is 4.98 Å². The van der Waals surface area contributed by atoms with Gasteiger partial charge in [-0.05, 0) is 32.4 Å². The molecule has 0 radical (unpaired) electrons. The normalized spacial score (nSPS) is 10.9. The van der Waals surface area contributed by atoms with Crippen molar-refractivity contribution in [1.29, 1.82) is 0 Å². The summed E-state index contributed by atoms with van der Waals surface area (Å²) in [5, 5.41) is 6.29. The predicted molar refractivity (Wildman–Crippen MR) is 93.5 cm³/mol. The highest BCUT2D eigenvalue weighted by Gasteiger charge is 2.02. The summed E-state index contributed by atoms with van der Waals surface area (Å²) in [6, 6.07) is 2.96. The number of ether oxygens (including phenoxy) is 1. The molecule has 0 aromatic carbocycles. The van der Waals surface area contributed by atoms with Gasteiger partial charge in [-0.15, -0.1) is 24.0 Å². The summed E-state index contributed by atoms with van der Waals surface area (Å²) in [5.74, 6) is 0.331. The molecule has 0 bridgehead atoms. The molecule has 1 aromatic heterocycles. The van der Waals surface area contributed by atoms with E-state index in [4.69, 9.17) is 4.74 Å².